The van der Waals surface area contributed by atoms with Gasteiger partial charge in [-0.05, 0) is 17.2 Å². The number of hydrogen-bond donors (Lipinski definition) is 2. The molecule has 156 valence electrons. The second kappa shape index (κ2) is 11.9. The van der Waals surface area contributed by atoms with Crippen LogP contribution in [0, 0.1) is 0 Å². The summed E-state index contributed by atoms with van der Waals surface area (Å²) in [6.45, 7) is 0.446. The lowest BCUT2D eigenvalue weighted by molar-refractivity contribution is -0.126. The zero-order chi connectivity index (χ0) is 21.7. The molecule has 5 nitrogen and oxygen atoms in total. The highest BCUT2D eigenvalue weighted by Crippen LogP contribution is 2.07. The molecule has 0 aliphatic carbocycles. The Morgan fingerprint density at radius 3 is 2.00 bits per heavy atom. The highest BCUT2D eigenvalue weighted by atomic mass is 16.2. The summed E-state index contributed by atoms with van der Waals surface area (Å²) < 4.78 is 0. The molecule has 0 bridgehead atoms. The standard InChI is InChI=1S/C26H25N3O2/c30-25(27-20-22-12-6-2-7-13-22)18-19-26(31)29-28-24(23-14-8-3-9-15-23)17-16-21-10-4-1-5-11-21/h1-17H,18-20H2,(H,27,30)(H,29,31)/b17-16+,28-24+. The third-order valence-corrected chi connectivity index (χ3v) is 4.52. The van der Waals surface area contributed by atoms with Gasteiger partial charge in [0.2, 0.25) is 11.8 Å². The van der Waals surface area contributed by atoms with Gasteiger partial charge in [-0.2, -0.15) is 5.10 Å². The number of hydrazone groups is 1. The third-order valence-electron chi connectivity index (χ3n) is 4.52. The van der Waals surface area contributed by atoms with E-state index in [-0.39, 0.29) is 24.7 Å². The maximum absolute atomic E-state index is 12.2. The molecule has 0 saturated carbocycles. The predicted octanol–water partition coefficient (Wildman–Crippen LogP) is 4.32. The van der Waals surface area contributed by atoms with Crippen LogP contribution < -0.4 is 10.7 Å². The summed E-state index contributed by atoms with van der Waals surface area (Å²) in [4.78, 5) is 24.2. The molecule has 0 heterocycles. The van der Waals surface area contributed by atoms with Gasteiger partial charge in [0, 0.05) is 24.9 Å². The quantitative estimate of drug-likeness (QED) is 0.407. The summed E-state index contributed by atoms with van der Waals surface area (Å²) in [5.41, 5.74) is 6.13. The summed E-state index contributed by atoms with van der Waals surface area (Å²) in [5.74, 6) is -0.480. The molecular weight excluding hydrogens is 386 g/mol. The van der Waals surface area contributed by atoms with Gasteiger partial charge in [-0.3, -0.25) is 9.59 Å². The Hall–Kier alpha value is -3.99. The second-order valence-corrected chi connectivity index (χ2v) is 6.90. The Balaban J connectivity index is 1.54. The van der Waals surface area contributed by atoms with Crippen molar-refractivity contribution in [2.24, 2.45) is 5.10 Å². The Kier molecular flexibility index (Phi) is 8.32. The molecule has 2 amide bonds. The minimum atomic E-state index is -0.309. The normalized spacial score (nSPS) is 11.3. The summed E-state index contributed by atoms with van der Waals surface area (Å²) in [6, 6.07) is 29.1. The fraction of sp³-hybridized carbons (Fsp3) is 0.115. The van der Waals surface area contributed by atoms with Crippen molar-refractivity contribution in [1.82, 2.24) is 10.7 Å². The van der Waals surface area contributed by atoms with Crippen LogP contribution in [-0.4, -0.2) is 17.5 Å². The first-order chi connectivity index (χ1) is 15.2. The van der Waals surface area contributed by atoms with E-state index in [1.54, 1.807) is 0 Å². The molecule has 0 radical (unpaired) electrons. The van der Waals surface area contributed by atoms with Crippen molar-refractivity contribution in [3.8, 4) is 0 Å². The average molecular weight is 412 g/mol. The Labute approximate surface area is 182 Å². The lowest BCUT2D eigenvalue weighted by atomic mass is 10.1. The molecule has 3 aromatic rings. The van der Waals surface area contributed by atoms with Gasteiger partial charge in [0.25, 0.3) is 0 Å². The minimum absolute atomic E-state index is 0.0641. The number of carbonyl (C=O) groups is 2. The molecule has 31 heavy (non-hydrogen) atoms. The number of rotatable bonds is 9. The first-order valence-corrected chi connectivity index (χ1v) is 10.2. The third kappa shape index (κ3) is 7.74. The number of carbonyl (C=O) groups excluding carboxylic acids is 2. The molecule has 0 fully saturated rings. The van der Waals surface area contributed by atoms with E-state index in [1.807, 2.05) is 103 Å². The van der Waals surface area contributed by atoms with Crippen molar-refractivity contribution < 1.29 is 9.59 Å². The predicted molar refractivity (Wildman–Crippen MR) is 124 cm³/mol. The van der Waals surface area contributed by atoms with E-state index in [4.69, 9.17) is 0 Å². The van der Waals surface area contributed by atoms with Crippen LogP contribution in [0.25, 0.3) is 6.08 Å². The first-order valence-electron chi connectivity index (χ1n) is 10.2. The summed E-state index contributed by atoms with van der Waals surface area (Å²) >= 11 is 0. The zero-order valence-electron chi connectivity index (χ0n) is 17.2. The van der Waals surface area contributed by atoms with E-state index in [0.717, 1.165) is 16.7 Å². The molecule has 0 unspecified atom stereocenters. The number of nitrogens with zero attached hydrogens (tertiary/aromatic N) is 1. The number of hydrogen-bond acceptors (Lipinski definition) is 3. The van der Waals surface area contributed by atoms with E-state index in [9.17, 15) is 9.59 Å². The summed E-state index contributed by atoms with van der Waals surface area (Å²) in [6.07, 6.45) is 3.97. The topological polar surface area (TPSA) is 70.6 Å². The van der Waals surface area contributed by atoms with E-state index >= 15 is 0 Å². The van der Waals surface area contributed by atoms with Gasteiger partial charge < -0.3 is 5.32 Å². The van der Waals surface area contributed by atoms with Crippen LogP contribution in [0.2, 0.25) is 0 Å². The number of nitrogens with one attached hydrogen (secondary N) is 2. The Bertz CT molecular complexity index is 1030. The second-order valence-electron chi connectivity index (χ2n) is 6.90. The highest BCUT2D eigenvalue weighted by Gasteiger charge is 2.07. The van der Waals surface area contributed by atoms with Gasteiger partial charge in [-0.15, -0.1) is 0 Å². The highest BCUT2D eigenvalue weighted by molar-refractivity contribution is 6.11. The average Bonchev–Trinajstić information content (AvgIpc) is 2.83. The fourth-order valence-electron chi connectivity index (χ4n) is 2.84. The smallest absolute Gasteiger partial charge is 0.240 e. The molecule has 0 spiro atoms. The molecule has 0 aliphatic heterocycles. The van der Waals surface area contributed by atoms with Crippen LogP contribution in [0.5, 0.6) is 0 Å². The zero-order valence-corrected chi connectivity index (χ0v) is 17.2. The molecule has 2 N–H and O–H groups in total. The van der Waals surface area contributed by atoms with Crippen LogP contribution >= 0.6 is 0 Å². The lowest BCUT2D eigenvalue weighted by Crippen LogP contribution is -2.26. The van der Waals surface area contributed by atoms with Crippen molar-refractivity contribution in [2.75, 3.05) is 0 Å². The van der Waals surface area contributed by atoms with Crippen molar-refractivity contribution in [1.29, 1.82) is 0 Å². The monoisotopic (exact) mass is 411 g/mol. The fourth-order valence-corrected chi connectivity index (χ4v) is 2.84. The molecule has 0 aromatic heterocycles. The molecule has 3 rings (SSSR count). The van der Waals surface area contributed by atoms with Crippen molar-refractivity contribution in [3.05, 3.63) is 114 Å². The van der Waals surface area contributed by atoms with Crippen LogP contribution in [-0.2, 0) is 16.1 Å². The van der Waals surface area contributed by atoms with Crippen LogP contribution in [0.3, 0.4) is 0 Å². The van der Waals surface area contributed by atoms with E-state index < -0.39 is 0 Å². The van der Waals surface area contributed by atoms with Crippen LogP contribution in [0.1, 0.15) is 29.5 Å². The van der Waals surface area contributed by atoms with Crippen LogP contribution in [0.15, 0.2) is 102 Å². The van der Waals surface area contributed by atoms with Crippen molar-refractivity contribution in [3.63, 3.8) is 0 Å². The number of benzene rings is 3. The molecule has 3 aromatic carbocycles. The Morgan fingerprint density at radius 2 is 1.32 bits per heavy atom. The van der Waals surface area contributed by atoms with Gasteiger partial charge in [-0.1, -0.05) is 97.1 Å². The number of amides is 2. The molecule has 0 aliphatic rings. The molecule has 0 atom stereocenters. The van der Waals surface area contributed by atoms with Gasteiger partial charge in [-0.25, -0.2) is 5.43 Å². The van der Waals surface area contributed by atoms with E-state index in [2.05, 4.69) is 15.8 Å². The lowest BCUT2D eigenvalue weighted by Gasteiger charge is -2.06. The van der Waals surface area contributed by atoms with Gasteiger partial charge in [0.1, 0.15) is 0 Å². The minimum Gasteiger partial charge on any atom is -0.352 e. The first kappa shape index (κ1) is 21.7. The molecule has 5 heteroatoms. The maximum atomic E-state index is 12.2. The van der Waals surface area contributed by atoms with Crippen molar-refractivity contribution in [2.45, 2.75) is 19.4 Å². The van der Waals surface area contributed by atoms with Gasteiger partial charge in [0.15, 0.2) is 0 Å². The summed E-state index contributed by atoms with van der Waals surface area (Å²) in [5, 5.41) is 7.10. The Morgan fingerprint density at radius 1 is 0.742 bits per heavy atom. The maximum Gasteiger partial charge on any atom is 0.240 e. The molecular formula is C26H25N3O2. The summed E-state index contributed by atoms with van der Waals surface area (Å²) in [7, 11) is 0. The van der Waals surface area contributed by atoms with Gasteiger partial charge in [0.05, 0.1) is 5.71 Å². The van der Waals surface area contributed by atoms with E-state index in [1.165, 1.54) is 0 Å². The van der Waals surface area contributed by atoms with Crippen molar-refractivity contribution >= 4 is 23.6 Å². The van der Waals surface area contributed by atoms with Crippen LogP contribution in [0.4, 0.5) is 0 Å². The number of allylic oxidation sites excluding steroid dienone is 1. The molecule has 0 saturated heterocycles. The van der Waals surface area contributed by atoms with E-state index in [0.29, 0.717) is 12.3 Å². The SMILES string of the molecule is O=C(CCC(=O)N/N=C(\C=C\c1ccccc1)c1ccccc1)NCc1ccccc1. The van der Waals surface area contributed by atoms with Gasteiger partial charge >= 0.3 is 0 Å². The largest absolute Gasteiger partial charge is 0.352 e.